The van der Waals surface area contributed by atoms with Gasteiger partial charge in [-0.25, -0.2) is 4.79 Å². The summed E-state index contributed by atoms with van der Waals surface area (Å²) in [4.78, 5) is 41.6. The highest BCUT2D eigenvalue weighted by atomic mass is 16.5. The minimum atomic E-state index is -0.618. The predicted octanol–water partition coefficient (Wildman–Crippen LogP) is 0.944. The topological polar surface area (TPSA) is 110 Å². The number of anilines is 2. The molecule has 2 aliphatic carbocycles. The zero-order chi connectivity index (χ0) is 18.8. The Labute approximate surface area is 152 Å². The molecule has 0 radical (unpaired) electrons. The quantitative estimate of drug-likeness (QED) is 0.748. The van der Waals surface area contributed by atoms with E-state index in [9.17, 15) is 14.4 Å². The Kier molecular flexibility index (Phi) is 5.50. The molecule has 2 saturated carbocycles. The summed E-state index contributed by atoms with van der Waals surface area (Å²) in [5.41, 5.74) is 5.07. The molecule has 2 fully saturated rings. The number of hydrogen-bond donors (Lipinski definition) is 2. The van der Waals surface area contributed by atoms with E-state index in [2.05, 4.69) is 4.98 Å². The highest BCUT2D eigenvalue weighted by Gasteiger charge is 2.45. The van der Waals surface area contributed by atoms with E-state index in [1.165, 1.54) is 15.9 Å². The second kappa shape index (κ2) is 7.65. The van der Waals surface area contributed by atoms with Crippen LogP contribution in [0.4, 0.5) is 11.5 Å². The summed E-state index contributed by atoms with van der Waals surface area (Å²) < 4.78 is 6.46. The number of aromatic amines is 1. The van der Waals surface area contributed by atoms with Crippen molar-refractivity contribution in [2.24, 2.45) is 17.8 Å². The van der Waals surface area contributed by atoms with Crippen LogP contribution in [0.15, 0.2) is 9.59 Å². The Morgan fingerprint density at radius 3 is 2.69 bits per heavy atom. The van der Waals surface area contributed by atoms with Gasteiger partial charge >= 0.3 is 5.69 Å². The maximum absolute atomic E-state index is 13.3. The molecule has 1 aromatic heterocycles. The number of H-pyrrole nitrogens is 1. The van der Waals surface area contributed by atoms with Crippen LogP contribution in [0.1, 0.15) is 39.0 Å². The van der Waals surface area contributed by atoms with E-state index in [0.29, 0.717) is 31.4 Å². The number of methoxy groups -OCH3 is 1. The van der Waals surface area contributed by atoms with Gasteiger partial charge in [0.05, 0.1) is 6.61 Å². The maximum atomic E-state index is 13.3. The molecule has 1 amide bonds. The van der Waals surface area contributed by atoms with E-state index >= 15 is 0 Å². The van der Waals surface area contributed by atoms with Gasteiger partial charge in [-0.3, -0.25) is 19.1 Å². The first-order valence-electron chi connectivity index (χ1n) is 9.40. The molecule has 0 aliphatic heterocycles. The van der Waals surface area contributed by atoms with Crippen LogP contribution in [0, 0.1) is 17.8 Å². The number of hydrogen-bond acceptors (Lipinski definition) is 5. The average molecular weight is 364 g/mol. The van der Waals surface area contributed by atoms with Crippen LogP contribution in [0.25, 0.3) is 0 Å². The molecule has 3 unspecified atom stereocenters. The molecule has 3 rings (SSSR count). The molecule has 2 bridgehead atoms. The second-order valence-corrected chi connectivity index (χ2v) is 7.41. The van der Waals surface area contributed by atoms with Crippen LogP contribution in [0.2, 0.25) is 0 Å². The lowest BCUT2D eigenvalue weighted by atomic mass is 9.87. The number of nitrogens with zero attached hydrogens (tertiary/aromatic N) is 2. The Hall–Kier alpha value is -2.09. The van der Waals surface area contributed by atoms with Gasteiger partial charge in [0, 0.05) is 26.1 Å². The molecular weight excluding hydrogens is 336 g/mol. The molecule has 0 saturated heterocycles. The summed E-state index contributed by atoms with van der Waals surface area (Å²) in [6.45, 7) is 2.83. The highest BCUT2D eigenvalue weighted by molar-refractivity contribution is 5.97. The van der Waals surface area contributed by atoms with Crippen LogP contribution in [0.5, 0.6) is 0 Å². The summed E-state index contributed by atoms with van der Waals surface area (Å²) >= 11 is 0. The Morgan fingerprint density at radius 2 is 2.12 bits per heavy atom. The standard InChI is InChI=1S/C18H28N4O4/c1-3-6-22-15(19)14(16(23)20-18(22)25)21(7-8-26-2)17(24)13-10-11-4-5-12(13)9-11/h11-13H,3-10,19H2,1-2H3,(H,20,23,25). The van der Waals surface area contributed by atoms with Gasteiger partial charge in [0.15, 0.2) is 5.69 Å². The number of nitrogens with one attached hydrogen (secondary N) is 1. The number of fused-ring (bicyclic) bond motifs is 2. The van der Waals surface area contributed by atoms with Crippen molar-refractivity contribution in [2.75, 3.05) is 30.9 Å². The Bertz CT molecular complexity index is 784. The Balaban J connectivity index is 2.00. The van der Waals surface area contributed by atoms with Crippen LogP contribution < -0.4 is 21.9 Å². The van der Waals surface area contributed by atoms with E-state index in [1.54, 1.807) is 7.11 Å². The highest BCUT2D eigenvalue weighted by Crippen LogP contribution is 2.49. The molecule has 2 aliphatic rings. The largest absolute Gasteiger partial charge is 0.383 e. The number of carbonyl (C=O) groups excluding carboxylic acids is 1. The number of aromatic nitrogens is 2. The second-order valence-electron chi connectivity index (χ2n) is 7.41. The van der Waals surface area contributed by atoms with Crippen molar-refractivity contribution in [3.63, 3.8) is 0 Å². The summed E-state index contributed by atoms with van der Waals surface area (Å²) in [7, 11) is 1.55. The SMILES string of the molecule is CCCn1c(N)c(N(CCOC)C(=O)C2CC3CCC2C3)c(=O)[nH]c1=O. The van der Waals surface area contributed by atoms with Gasteiger partial charge in [0.25, 0.3) is 5.56 Å². The molecule has 26 heavy (non-hydrogen) atoms. The van der Waals surface area contributed by atoms with Gasteiger partial charge in [-0.15, -0.1) is 0 Å². The van der Waals surface area contributed by atoms with E-state index in [4.69, 9.17) is 10.5 Å². The lowest BCUT2D eigenvalue weighted by Crippen LogP contribution is -2.45. The van der Waals surface area contributed by atoms with Crippen molar-refractivity contribution in [1.29, 1.82) is 0 Å². The van der Waals surface area contributed by atoms with Crippen LogP contribution in [0.3, 0.4) is 0 Å². The Morgan fingerprint density at radius 1 is 1.35 bits per heavy atom. The van der Waals surface area contributed by atoms with Gasteiger partial charge in [-0.05, 0) is 37.5 Å². The van der Waals surface area contributed by atoms with Crippen molar-refractivity contribution in [1.82, 2.24) is 9.55 Å². The van der Waals surface area contributed by atoms with Gasteiger partial charge < -0.3 is 15.4 Å². The fourth-order valence-corrected chi connectivity index (χ4v) is 4.55. The summed E-state index contributed by atoms with van der Waals surface area (Å²) in [6, 6.07) is 0. The normalized spacial score (nSPS) is 24.2. The van der Waals surface area contributed by atoms with E-state index in [1.807, 2.05) is 6.92 Å². The molecule has 144 valence electrons. The number of carbonyl (C=O) groups is 1. The van der Waals surface area contributed by atoms with Crippen molar-refractivity contribution < 1.29 is 9.53 Å². The van der Waals surface area contributed by atoms with Crippen molar-refractivity contribution in [2.45, 2.75) is 45.6 Å². The van der Waals surface area contributed by atoms with E-state index in [0.717, 1.165) is 19.3 Å². The fourth-order valence-electron chi connectivity index (χ4n) is 4.55. The van der Waals surface area contributed by atoms with Gasteiger partial charge in [-0.2, -0.15) is 0 Å². The van der Waals surface area contributed by atoms with E-state index in [-0.39, 0.29) is 29.9 Å². The van der Waals surface area contributed by atoms with Crippen molar-refractivity contribution in [3.8, 4) is 0 Å². The molecule has 1 heterocycles. The summed E-state index contributed by atoms with van der Waals surface area (Å²) in [6.07, 6.45) is 4.92. The molecule has 0 aromatic carbocycles. The molecular formula is C18H28N4O4. The number of nitrogens with two attached hydrogens (primary N) is 1. The number of amides is 1. The smallest absolute Gasteiger partial charge is 0.330 e. The maximum Gasteiger partial charge on any atom is 0.330 e. The first-order chi connectivity index (χ1) is 12.5. The fraction of sp³-hybridized carbons (Fsp3) is 0.722. The monoisotopic (exact) mass is 364 g/mol. The lowest BCUT2D eigenvalue weighted by molar-refractivity contribution is -0.124. The molecule has 3 N–H and O–H groups in total. The van der Waals surface area contributed by atoms with Crippen molar-refractivity contribution in [3.05, 3.63) is 20.8 Å². The van der Waals surface area contributed by atoms with Crippen LogP contribution in [-0.2, 0) is 16.1 Å². The lowest BCUT2D eigenvalue weighted by Gasteiger charge is -2.30. The number of ether oxygens (including phenoxy) is 1. The first-order valence-corrected chi connectivity index (χ1v) is 9.40. The van der Waals surface area contributed by atoms with E-state index < -0.39 is 11.2 Å². The van der Waals surface area contributed by atoms with Crippen LogP contribution >= 0.6 is 0 Å². The van der Waals surface area contributed by atoms with Gasteiger partial charge in [0.1, 0.15) is 5.82 Å². The molecule has 0 spiro atoms. The van der Waals surface area contributed by atoms with Crippen LogP contribution in [-0.4, -0.2) is 35.7 Å². The third-order valence-corrected chi connectivity index (χ3v) is 5.77. The minimum absolute atomic E-state index is 0.0493. The number of rotatable bonds is 7. The zero-order valence-electron chi connectivity index (χ0n) is 15.5. The predicted molar refractivity (Wildman–Crippen MR) is 99.2 cm³/mol. The number of nitrogen functional groups attached to an aromatic ring is 1. The van der Waals surface area contributed by atoms with Crippen molar-refractivity contribution >= 4 is 17.4 Å². The van der Waals surface area contributed by atoms with Gasteiger partial charge in [-0.1, -0.05) is 13.3 Å². The third-order valence-electron chi connectivity index (χ3n) is 5.77. The third kappa shape index (κ3) is 3.30. The zero-order valence-corrected chi connectivity index (χ0v) is 15.5. The molecule has 8 nitrogen and oxygen atoms in total. The summed E-state index contributed by atoms with van der Waals surface area (Å²) in [5, 5.41) is 0. The molecule has 8 heteroatoms. The minimum Gasteiger partial charge on any atom is -0.383 e. The molecule has 3 atom stereocenters. The van der Waals surface area contributed by atoms with Gasteiger partial charge in [0.2, 0.25) is 5.91 Å². The average Bonchev–Trinajstić information content (AvgIpc) is 3.24. The molecule has 1 aromatic rings. The summed E-state index contributed by atoms with van der Waals surface area (Å²) in [5.74, 6) is 0.902. The first kappa shape index (κ1) is 18.7.